The number of rotatable bonds is 11. The molecule has 0 spiro atoms. The Kier molecular flexibility index (Phi) is 10.5. The summed E-state index contributed by atoms with van der Waals surface area (Å²) in [5, 5.41) is 3.57. The van der Waals surface area contributed by atoms with Crippen LogP contribution in [0.15, 0.2) is 78.9 Å². The van der Waals surface area contributed by atoms with Crippen LogP contribution in [0.3, 0.4) is 0 Å². The number of carbonyl (C=O) groups excluding carboxylic acids is 2. The predicted octanol–water partition coefficient (Wildman–Crippen LogP) is 5.50. The van der Waals surface area contributed by atoms with Gasteiger partial charge in [0.1, 0.15) is 12.6 Å². The highest BCUT2D eigenvalue weighted by Crippen LogP contribution is 2.24. The second-order valence-corrected chi connectivity index (χ2v) is 13.1. The molecule has 1 fully saturated rings. The van der Waals surface area contributed by atoms with E-state index in [-0.39, 0.29) is 24.2 Å². The minimum Gasteiger partial charge on any atom is -0.352 e. The van der Waals surface area contributed by atoms with Crippen LogP contribution < -0.4 is 9.62 Å². The molecule has 3 aromatic rings. The Balaban J connectivity index is 1.71. The van der Waals surface area contributed by atoms with Crippen molar-refractivity contribution in [3.05, 3.63) is 101 Å². The Morgan fingerprint density at radius 3 is 2.24 bits per heavy atom. The number of amides is 2. The van der Waals surface area contributed by atoms with E-state index in [2.05, 4.69) is 5.32 Å². The van der Waals surface area contributed by atoms with Gasteiger partial charge in [-0.25, -0.2) is 8.42 Å². The van der Waals surface area contributed by atoms with Crippen LogP contribution >= 0.6 is 11.6 Å². The van der Waals surface area contributed by atoms with Crippen LogP contribution in [-0.4, -0.2) is 50.0 Å². The lowest BCUT2D eigenvalue weighted by atomic mass is 9.94. The predicted molar refractivity (Wildman–Crippen MR) is 164 cm³/mol. The van der Waals surface area contributed by atoms with E-state index in [1.807, 2.05) is 61.5 Å². The Bertz CT molecular complexity index is 1420. The Morgan fingerprint density at radius 1 is 0.927 bits per heavy atom. The Hall–Kier alpha value is -3.36. The molecule has 218 valence electrons. The Labute approximate surface area is 248 Å². The van der Waals surface area contributed by atoms with Crippen LogP contribution in [-0.2, 0) is 32.6 Å². The number of anilines is 1. The number of benzene rings is 3. The maximum Gasteiger partial charge on any atom is 0.244 e. The third-order valence-corrected chi connectivity index (χ3v) is 8.85. The third-order valence-electron chi connectivity index (χ3n) is 7.47. The normalized spacial score (nSPS) is 14.7. The molecular formula is C32H38ClN3O4S. The van der Waals surface area contributed by atoms with Gasteiger partial charge in [-0.05, 0) is 49.1 Å². The highest BCUT2D eigenvalue weighted by atomic mass is 35.5. The highest BCUT2D eigenvalue weighted by Gasteiger charge is 2.34. The summed E-state index contributed by atoms with van der Waals surface area (Å²) in [5.41, 5.74) is 3.12. The van der Waals surface area contributed by atoms with E-state index in [9.17, 15) is 18.0 Å². The quantitative estimate of drug-likeness (QED) is 0.317. The van der Waals surface area contributed by atoms with Crippen LogP contribution in [0.1, 0.15) is 48.8 Å². The molecule has 1 saturated carbocycles. The molecule has 1 N–H and O–H groups in total. The maximum absolute atomic E-state index is 14.2. The van der Waals surface area contributed by atoms with Crippen molar-refractivity contribution in [2.45, 2.75) is 64.1 Å². The molecule has 1 atom stereocenters. The number of halogens is 1. The van der Waals surface area contributed by atoms with Gasteiger partial charge in [-0.1, -0.05) is 97.1 Å². The molecule has 0 bridgehead atoms. The largest absolute Gasteiger partial charge is 0.352 e. The lowest BCUT2D eigenvalue weighted by Gasteiger charge is -2.35. The minimum atomic E-state index is -3.84. The fourth-order valence-electron chi connectivity index (χ4n) is 5.23. The third kappa shape index (κ3) is 8.81. The molecule has 0 radical (unpaired) electrons. The first-order valence-corrected chi connectivity index (χ1v) is 16.3. The SMILES string of the molecule is Cc1ccc(CN(C(=O)CN(c2cccc(Cl)c2)S(C)(=O)=O)[C@@H](Cc2ccccc2)C(=O)NC2CCCCC2)cc1. The van der Waals surface area contributed by atoms with Gasteiger partial charge in [0.05, 0.1) is 11.9 Å². The van der Waals surface area contributed by atoms with Gasteiger partial charge in [-0.2, -0.15) is 0 Å². The summed E-state index contributed by atoms with van der Waals surface area (Å²) in [4.78, 5) is 29.6. The van der Waals surface area contributed by atoms with Gasteiger partial charge in [0.25, 0.3) is 0 Å². The molecule has 1 aliphatic carbocycles. The molecule has 41 heavy (non-hydrogen) atoms. The molecule has 7 nitrogen and oxygen atoms in total. The van der Waals surface area contributed by atoms with Crippen LogP contribution in [0.5, 0.6) is 0 Å². The summed E-state index contributed by atoms with van der Waals surface area (Å²) in [6.07, 6.45) is 6.45. The van der Waals surface area contributed by atoms with Gasteiger partial charge >= 0.3 is 0 Å². The average Bonchev–Trinajstić information content (AvgIpc) is 2.95. The van der Waals surface area contributed by atoms with Gasteiger partial charge in [-0.15, -0.1) is 0 Å². The standard InChI is InChI=1S/C32H38ClN3O4S/c1-24-16-18-26(19-17-24)22-35(31(37)23-36(41(2,39)40)29-15-9-12-27(33)21-29)30(20-25-10-5-3-6-11-25)32(38)34-28-13-7-4-8-14-28/h3,5-6,9-12,15-19,21,28,30H,4,7-8,13-14,20,22-23H2,1-2H3,(H,34,38)/t30-/m0/s1. The molecule has 1 aliphatic rings. The summed E-state index contributed by atoms with van der Waals surface area (Å²) in [6.45, 7) is 1.67. The van der Waals surface area contributed by atoms with E-state index < -0.39 is 28.5 Å². The fourth-order valence-corrected chi connectivity index (χ4v) is 6.26. The first-order valence-electron chi connectivity index (χ1n) is 14.0. The lowest BCUT2D eigenvalue weighted by molar-refractivity contribution is -0.140. The van der Waals surface area contributed by atoms with E-state index in [4.69, 9.17) is 11.6 Å². The zero-order valence-corrected chi connectivity index (χ0v) is 25.2. The molecule has 9 heteroatoms. The summed E-state index contributed by atoms with van der Waals surface area (Å²) >= 11 is 6.16. The number of hydrogen-bond acceptors (Lipinski definition) is 4. The van der Waals surface area contributed by atoms with Crippen molar-refractivity contribution >= 4 is 39.1 Å². The molecule has 0 unspecified atom stereocenters. The minimum absolute atomic E-state index is 0.0600. The number of nitrogens with zero attached hydrogens (tertiary/aromatic N) is 2. The molecule has 3 aromatic carbocycles. The number of carbonyl (C=O) groups is 2. The van der Waals surface area contributed by atoms with Gasteiger partial charge in [0, 0.05) is 24.0 Å². The first-order chi connectivity index (χ1) is 19.6. The summed E-state index contributed by atoms with van der Waals surface area (Å²) in [6, 6.07) is 23.0. The topological polar surface area (TPSA) is 86.8 Å². The van der Waals surface area contributed by atoms with Crippen molar-refractivity contribution in [1.29, 1.82) is 0 Å². The second kappa shape index (κ2) is 14.0. The van der Waals surface area contributed by atoms with Gasteiger partial charge in [0.15, 0.2) is 0 Å². The van der Waals surface area contributed by atoms with Crippen LogP contribution in [0, 0.1) is 6.92 Å². The molecule has 0 aromatic heterocycles. The molecule has 0 aliphatic heterocycles. The van der Waals surface area contributed by atoms with Crippen LogP contribution in [0.4, 0.5) is 5.69 Å². The van der Waals surface area contributed by atoms with Crippen molar-refractivity contribution in [2.24, 2.45) is 0 Å². The molecule has 0 heterocycles. The smallest absolute Gasteiger partial charge is 0.244 e. The highest BCUT2D eigenvalue weighted by molar-refractivity contribution is 7.92. The molecule has 4 rings (SSSR count). The van der Waals surface area contributed by atoms with Crippen molar-refractivity contribution in [2.75, 3.05) is 17.1 Å². The number of nitrogens with one attached hydrogen (secondary N) is 1. The van der Waals surface area contributed by atoms with E-state index >= 15 is 0 Å². The van der Waals surface area contributed by atoms with Crippen molar-refractivity contribution in [3.63, 3.8) is 0 Å². The van der Waals surface area contributed by atoms with Crippen molar-refractivity contribution < 1.29 is 18.0 Å². The average molecular weight is 596 g/mol. The van der Waals surface area contributed by atoms with E-state index in [1.165, 1.54) is 11.0 Å². The van der Waals surface area contributed by atoms with E-state index in [0.717, 1.165) is 59.4 Å². The van der Waals surface area contributed by atoms with Gasteiger partial charge in [0.2, 0.25) is 21.8 Å². The molecule has 0 saturated heterocycles. The maximum atomic E-state index is 14.2. The zero-order chi connectivity index (χ0) is 29.4. The molecular weight excluding hydrogens is 558 g/mol. The number of hydrogen-bond donors (Lipinski definition) is 1. The molecule has 2 amide bonds. The van der Waals surface area contributed by atoms with Gasteiger partial charge in [-0.3, -0.25) is 13.9 Å². The van der Waals surface area contributed by atoms with Crippen molar-refractivity contribution in [1.82, 2.24) is 10.2 Å². The fraction of sp³-hybridized carbons (Fsp3) is 0.375. The van der Waals surface area contributed by atoms with Crippen LogP contribution in [0.25, 0.3) is 0 Å². The summed E-state index contributed by atoms with van der Waals surface area (Å²) in [7, 11) is -3.84. The van der Waals surface area contributed by atoms with Gasteiger partial charge < -0.3 is 10.2 Å². The number of sulfonamides is 1. The zero-order valence-electron chi connectivity index (χ0n) is 23.6. The monoisotopic (exact) mass is 595 g/mol. The lowest BCUT2D eigenvalue weighted by Crippen LogP contribution is -2.55. The number of aryl methyl sites for hydroxylation is 1. The van der Waals surface area contributed by atoms with Crippen LogP contribution in [0.2, 0.25) is 5.02 Å². The summed E-state index contributed by atoms with van der Waals surface area (Å²) in [5.74, 6) is -0.703. The first kappa shape index (κ1) is 30.6. The Morgan fingerprint density at radius 2 is 1.61 bits per heavy atom. The van der Waals surface area contributed by atoms with E-state index in [0.29, 0.717) is 11.4 Å². The summed E-state index contributed by atoms with van der Waals surface area (Å²) < 4.78 is 26.8. The second-order valence-electron chi connectivity index (χ2n) is 10.8. The van der Waals surface area contributed by atoms with Crippen molar-refractivity contribution in [3.8, 4) is 0 Å². The van der Waals surface area contributed by atoms with E-state index in [1.54, 1.807) is 18.2 Å².